The lowest BCUT2D eigenvalue weighted by Gasteiger charge is -2.25. The third-order valence-electron chi connectivity index (χ3n) is 3.91. The minimum atomic E-state index is -1.59. The first-order valence-electron chi connectivity index (χ1n) is 7.71. The van der Waals surface area contributed by atoms with E-state index in [1.54, 1.807) is 14.2 Å². The molecule has 0 saturated carbocycles. The Balaban J connectivity index is 2.52. The Morgan fingerprint density at radius 2 is 1.50 bits per heavy atom. The fraction of sp³-hybridized carbons (Fsp3) is 0.647. The maximum absolute atomic E-state index is 6.05. The van der Waals surface area contributed by atoms with Crippen LogP contribution in [0, 0.1) is 0 Å². The van der Waals surface area contributed by atoms with Crippen molar-refractivity contribution in [2.75, 3.05) is 14.2 Å². The highest BCUT2D eigenvalue weighted by atomic mass is 28.3. The molecule has 0 N–H and O–H groups in total. The lowest BCUT2D eigenvalue weighted by Crippen LogP contribution is -2.39. The van der Waals surface area contributed by atoms with Crippen LogP contribution >= 0.6 is 0 Å². The minimum absolute atomic E-state index is 0.0119. The van der Waals surface area contributed by atoms with Gasteiger partial charge in [0.25, 0.3) is 0 Å². The molecule has 2 atom stereocenters. The fourth-order valence-corrected chi connectivity index (χ4v) is 4.94. The Kier molecular flexibility index (Phi) is 4.62. The largest absolute Gasteiger partial charge is 0.497 e. The van der Waals surface area contributed by atoms with Crippen molar-refractivity contribution >= 4 is 13.3 Å². The summed E-state index contributed by atoms with van der Waals surface area (Å²) in [6.45, 7) is 12.8. The number of benzene rings is 1. The molecule has 1 heterocycles. The quantitative estimate of drug-likeness (QED) is 0.795. The zero-order valence-electron chi connectivity index (χ0n) is 14.9. The monoisotopic (exact) mass is 324 g/mol. The van der Waals surface area contributed by atoms with Crippen molar-refractivity contribution in [2.24, 2.45) is 0 Å². The molecule has 1 aliphatic rings. The van der Waals surface area contributed by atoms with Crippen LogP contribution in [0.1, 0.15) is 32.4 Å². The molecule has 0 bridgehead atoms. The van der Waals surface area contributed by atoms with Crippen molar-refractivity contribution in [3.05, 3.63) is 17.7 Å². The van der Waals surface area contributed by atoms with E-state index in [0.29, 0.717) is 0 Å². The van der Waals surface area contributed by atoms with Gasteiger partial charge in [-0.25, -0.2) is 0 Å². The molecule has 0 aliphatic carbocycles. The van der Waals surface area contributed by atoms with Gasteiger partial charge in [0, 0.05) is 5.19 Å². The van der Waals surface area contributed by atoms with Crippen molar-refractivity contribution in [1.29, 1.82) is 0 Å². The van der Waals surface area contributed by atoms with Crippen LogP contribution in [0.5, 0.6) is 11.5 Å². The highest BCUT2D eigenvalue weighted by Gasteiger charge is 2.40. The van der Waals surface area contributed by atoms with Crippen LogP contribution in [0.2, 0.25) is 19.6 Å². The maximum atomic E-state index is 6.05. The first-order chi connectivity index (χ1) is 10.1. The van der Waals surface area contributed by atoms with Crippen LogP contribution in [-0.4, -0.2) is 34.2 Å². The van der Waals surface area contributed by atoms with Crippen LogP contribution < -0.4 is 14.7 Å². The minimum Gasteiger partial charge on any atom is -0.497 e. The topological polar surface area (TPSA) is 36.9 Å². The molecule has 1 aromatic carbocycles. The third-order valence-corrected chi connectivity index (χ3v) is 5.91. The van der Waals surface area contributed by atoms with Gasteiger partial charge in [-0.3, -0.25) is 0 Å². The Morgan fingerprint density at radius 3 is 1.82 bits per heavy atom. The highest BCUT2D eigenvalue weighted by Crippen LogP contribution is 2.40. The first kappa shape index (κ1) is 17.3. The summed E-state index contributed by atoms with van der Waals surface area (Å²) in [5, 5.41) is 1.20. The van der Waals surface area contributed by atoms with Crippen molar-refractivity contribution in [3.63, 3.8) is 0 Å². The second-order valence-corrected chi connectivity index (χ2v) is 12.3. The van der Waals surface area contributed by atoms with E-state index in [9.17, 15) is 0 Å². The van der Waals surface area contributed by atoms with E-state index in [2.05, 4.69) is 31.8 Å². The normalized spacial score (nSPS) is 24.4. The summed E-state index contributed by atoms with van der Waals surface area (Å²) in [7, 11) is 1.83. The molecule has 0 aromatic heterocycles. The molecule has 1 aromatic rings. The molecule has 1 aliphatic heterocycles. The van der Waals surface area contributed by atoms with Crippen molar-refractivity contribution in [2.45, 2.75) is 58.4 Å². The van der Waals surface area contributed by atoms with Gasteiger partial charge in [-0.05, 0) is 38.5 Å². The molecule has 0 radical (unpaired) electrons. The lowest BCUT2D eigenvalue weighted by atomic mass is 10.0. The van der Waals surface area contributed by atoms with Crippen LogP contribution in [0.15, 0.2) is 12.1 Å². The van der Waals surface area contributed by atoms with Gasteiger partial charge < -0.3 is 18.9 Å². The Bertz CT molecular complexity index is 523. The number of hydrogen-bond donors (Lipinski definition) is 0. The molecule has 22 heavy (non-hydrogen) atoms. The Morgan fingerprint density at radius 1 is 1.00 bits per heavy atom. The van der Waals surface area contributed by atoms with E-state index in [1.165, 1.54) is 5.19 Å². The summed E-state index contributed by atoms with van der Waals surface area (Å²) in [5.41, 5.74) is 1.04. The zero-order valence-corrected chi connectivity index (χ0v) is 15.9. The summed E-state index contributed by atoms with van der Waals surface area (Å²) < 4.78 is 23.2. The summed E-state index contributed by atoms with van der Waals surface area (Å²) in [6, 6.07) is 4.14. The SMILES string of the molecule is COc1cc([C@@H]2OC(C)(C)O[C@H]2C)cc(OC)c1[Si](C)(C)C. The molecular weight excluding hydrogens is 296 g/mol. The number of rotatable bonds is 4. The van der Waals surface area contributed by atoms with Crippen molar-refractivity contribution in [3.8, 4) is 11.5 Å². The van der Waals surface area contributed by atoms with Gasteiger partial charge in [-0.2, -0.15) is 0 Å². The molecule has 124 valence electrons. The molecule has 0 spiro atoms. The van der Waals surface area contributed by atoms with Crippen molar-refractivity contribution < 1.29 is 18.9 Å². The fourth-order valence-electron chi connectivity index (χ4n) is 3.11. The summed E-state index contributed by atoms with van der Waals surface area (Å²) >= 11 is 0. The van der Waals surface area contributed by atoms with E-state index in [1.807, 2.05) is 20.8 Å². The Hall–Kier alpha value is -1.04. The molecule has 1 saturated heterocycles. The molecule has 2 rings (SSSR count). The molecular formula is C17H28O4Si. The van der Waals surface area contributed by atoms with Crippen molar-refractivity contribution in [1.82, 2.24) is 0 Å². The summed E-state index contributed by atoms with van der Waals surface area (Å²) in [5.74, 6) is 1.20. The summed E-state index contributed by atoms with van der Waals surface area (Å²) in [4.78, 5) is 0. The first-order valence-corrected chi connectivity index (χ1v) is 11.2. The van der Waals surface area contributed by atoms with Gasteiger partial charge in [-0.1, -0.05) is 19.6 Å². The predicted molar refractivity (Wildman–Crippen MR) is 91.0 cm³/mol. The Labute approximate surface area is 134 Å². The average molecular weight is 324 g/mol. The van der Waals surface area contributed by atoms with Gasteiger partial charge in [0.05, 0.1) is 28.4 Å². The number of hydrogen-bond acceptors (Lipinski definition) is 4. The molecule has 4 nitrogen and oxygen atoms in total. The maximum Gasteiger partial charge on any atom is 0.164 e. The van der Waals surface area contributed by atoms with Crippen LogP contribution in [0.3, 0.4) is 0 Å². The number of methoxy groups -OCH3 is 2. The van der Waals surface area contributed by atoms with E-state index in [-0.39, 0.29) is 12.2 Å². The van der Waals surface area contributed by atoms with E-state index in [0.717, 1.165) is 17.1 Å². The third kappa shape index (κ3) is 3.31. The second-order valence-electron chi connectivity index (χ2n) is 7.31. The smallest absolute Gasteiger partial charge is 0.164 e. The molecule has 1 fully saturated rings. The summed E-state index contributed by atoms with van der Waals surface area (Å²) in [6.07, 6.45) is -0.129. The van der Waals surface area contributed by atoms with Crippen LogP contribution in [0.25, 0.3) is 0 Å². The average Bonchev–Trinajstić information content (AvgIpc) is 2.69. The van der Waals surface area contributed by atoms with Gasteiger partial charge in [0.1, 0.15) is 17.6 Å². The van der Waals surface area contributed by atoms with Gasteiger partial charge >= 0.3 is 0 Å². The molecule has 0 amide bonds. The second kappa shape index (κ2) is 5.87. The predicted octanol–water partition coefficient (Wildman–Crippen LogP) is 3.46. The zero-order chi connectivity index (χ0) is 16.7. The molecule has 0 unspecified atom stereocenters. The van der Waals surface area contributed by atoms with Gasteiger partial charge in [0.15, 0.2) is 5.79 Å². The van der Waals surface area contributed by atoms with E-state index in [4.69, 9.17) is 18.9 Å². The van der Waals surface area contributed by atoms with E-state index >= 15 is 0 Å². The standard InChI is InChI=1S/C17H28O4Si/c1-11-15(21-17(2,3)20-11)12-9-13(18-4)16(22(6,7)8)14(10-12)19-5/h9-11,15H,1-8H3/t11-,15+/m0/s1. The number of ether oxygens (including phenoxy) is 4. The lowest BCUT2D eigenvalue weighted by molar-refractivity contribution is -0.145. The van der Waals surface area contributed by atoms with Crippen LogP contribution in [0.4, 0.5) is 0 Å². The van der Waals surface area contributed by atoms with Gasteiger partial charge in [0.2, 0.25) is 0 Å². The molecule has 5 heteroatoms. The van der Waals surface area contributed by atoms with Crippen LogP contribution in [-0.2, 0) is 9.47 Å². The van der Waals surface area contributed by atoms with E-state index < -0.39 is 13.9 Å². The highest BCUT2D eigenvalue weighted by molar-refractivity contribution is 6.90. The van der Waals surface area contributed by atoms with Gasteiger partial charge in [-0.15, -0.1) is 0 Å².